The lowest BCUT2D eigenvalue weighted by Crippen LogP contribution is -2.36. The molecule has 0 radical (unpaired) electrons. The predicted octanol–water partition coefficient (Wildman–Crippen LogP) is 3.96. The monoisotopic (exact) mass is 461 g/mol. The maximum absolute atomic E-state index is 12.9. The van der Waals surface area contributed by atoms with E-state index in [0.29, 0.717) is 34.8 Å². The average molecular weight is 462 g/mol. The summed E-state index contributed by atoms with van der Waals surface area (Å²) >= 11 is 0. The number of amides is 2. The zero-order chi connectivity index (χ0) is 23.3. The maximum Gasteiger partial charge on any atom is 0.256 e. The highest BCUT2D eigenvalue weighted by Gasteiger charge is 2.17. The summed E-state index contributed by atoms with van der Waals surface area (Å²) in [6.07, 6.45) is 6.17. The normalized spacial score (nSPS) is 17.0. The van der Waals surface area contributed by atoms with Gasteiger partial charge in [0, 0.05) is 41.8 Å². The van der Waals surface area contributed by atoms with Crippen molar-refractivity contribution in [3.8, 4) is 0 Å². The van der Waals surface area contributed by atoms with Gasteiger partial charge >= 0.3 is 0 Å². The number of fused-ring (bicyclic) bond motifs is 1. The second-order valence-corrected chi connectivity index (χ2v) is 9.15. The topological polar surface area (TPSA) is 99.3 Å². The first-order valence-electron chi connectivity index (χ1n) is 12.2. The van der Waals surface area contributed by atoms with Crippen LogP contribution in [-0.4, -0.2) is 54.9 Å². The number of carbonyl (C=O) groups is 2. The van der Waals surface area contributed by atoms with E-state index in [0.717, 1.165) is 37.5 Å². The van der Waals surface area contributed by atoms with Gasteiger partial charge in [-0.15, -0.1) is 0 Å². The van der Waals surface area contributed by atoms with Crippen LogP contribution in [0.2, 0.25) is 0 Å². The van der Waals surface area contributed by atoms with Gasteiger partial charge in [0.05, 0.1) is 18.7 Å². The molecule has 178 valence electrons. The van der Waals surface area contributed by atoms with E-state index in [9.17, 15) is 9.59 Å². The molecule has 34 heavy (non-hydrogen) atoms. The van der Waals surface area contributed by atoms with Crippen LogP contribution in [0.25, 0.3) is 10.9 Å². The van der Waals surface area contributed by atoms with Crippen molar-refractivity contribution in [3.05, 3.63) is 53.6 Å². The molecule has 3 aromatic rings. The second-order valence-electron chi connectivity index (χ2n) is 9.15. The highest BCUT2D eigenvalue weighted by atomic mass is 16.5. The number of nitrogens with zero attached hydrogens (tertiary/aromatic N) is 2. The average Bonchev–Trinajstić information content (AvgIpc) is 3.30. The van der Waals surface area contributed by atoms with Gasteiger partial charge in [0.15, 0.2) is 5.82 Å². The van der Waals surface area contributed by atoms with Gasteiger partial charge in [-0.1, -0.05) is 19.3 Å². The molecule has 2 amide bonds. The predicted molar refractivity (Wildman–Crippen MR) is 132 cm³/mol. The van der Waals surface area contributed by atoms with E-state index in [4.69, 9.17) is 4.74 Å². The van der Waals surface area contributed by atoms with Crippen molar-refractivity contribution in [2.24, 2.45) is 5.92 Å². The SMILES string of the molecule is O=C(NCC1CCCCC1)c1ccc2[nH]nc(NC(=O)c3ccc(N4CCOCC4)cc3)c2c1. The molecule has 1 saturated carbocycles. The minimum atomic E-state index is -0.242. The maximum atomic E-state index is 12.9. The molecule has 0 bridgehead atoms. The highest BCUT2D eigenvalue weighted by molar-refractivity contribution is 6.09. The lowest BCUT2D eigenvalue weighted by atomic mass is 9.89. The number of H-pyrrole nitrogens is 1. The smallest absolute Gasteiger partial charge is 0.256 e. The van der Waals surface area contributed by atoms with Gasteiger partial charge in [-0.05, 0) is 61.2 Å². The number of hydrogen-bond acceptors (Lipinski definition) is 5. The fourth-order valence-electron chi connectivity index (χ4n) is 4.81. The lowest BCUT2D eigenvalue weighted by Gasteiger charge is -2.28. The standard InChI is InChI=1S/C26H31N5O3/c32-25(27-17-18-4-2-1-3-5-18)20-8-11-23-22(16-20)24(30-29-23)28-26(33)19-6-9-21(10-7-19)31-12-14-34-15-13-31/h6-11,16,18H,1-5,12-15,17H2,(H,27,32)(H2,28,29,30,33). The van der Waals surface area contributed by atoms with E-state index in [1.165, 1.54) is 32.1 Å². The molecule has 2 heterocycles. The summed E-state index contributed by atoms with van der Waals surface area (Å²) < 4.78 is 5.40. The second kappa shape index (κ2) is 10.3. The summed E-state index contributed by atoms with van der Waals surface area (Å²) in [5.41, 5.74) is 2.96. The van der Waals surface area contributed by atoms with Gasteiger partial charge in [-0.3, -0.25) is 14.7 Å². The third-order valence-electron chi connectivity index (χ3n) is 6.84. The van der Waals surface area contributed by atoms with Crippen LogP contribution in [0, 0.1) is 5.92 Å². The molecule has 2 aliphatic rings. The first-order valence-corrected chi connectivity index (χ1v) is 12.2. The van der Waals surface area contributed by atoms with Crippen LogP contribution in [-0.2, 0) is 4.74 Å². The summed E-state index contributed by atoms with van der Waals surface area (Å²) in [6, 6.07) is 12.9. The van der Waals surface area contributed by atoms with Crippen LogP contribution in [0.5, 0.6) is 0 Å². The summed E-state index contributed by atoms with van der Waals surface area (Å²) in [7, 11) is 0. The van der Waals surface area contributed by atoms with E-state index in [-0.39, 0.29) is 11.8 Å². The Morgan fingerprint density at radius 1 is 0.971 bits per heavy atom. The lowest BCUT2D eigenvalue weighted by molar-refractivity contribution is 0.0943. The Labute approximate surface area is 199 Å². The zero-order valence-corrected chi connectivity index (χ0v) is 19.3. The van der Waals surface area contributed by atoms with E-state index >= 15 is 0 Å². The fourth-order valence-corrected chi connectivity index (χ4v) is 4.81. The number of hydrogen-bond donors (Lipinski definition) is 3. The molecule has 0 spiro atoms. The summed E-state index contributed by atoms with van der Waals surface area (Å²) in [5, 5.41) is 13.9. The zero-order valence-electron chi connectivity index (χ0n) is 19.3. The van der Waals surface area contributed by atoms with Crippen molar-refractivity contribution in [3.63, 3.8) is 0 Å². The first kappa shape index (κ1) is 22.4. The molecular formula is C26H31N5O3. The fraction of sp³-hybridized carbons (Fsp3) is 0.423. The van der Waals surface area contributed by atoms with E-state index < -0.39 is 0 Å². The van der Waals surface area contributed by atoms with Crippen LogP contribution in [0.4, 0.5) is 11.5 Å². The number of aromatic nitrogens is 2. The van der Waals surface area contributed by atoms with Crippen molar-refractivity contribution >= 4 is 34.2 Å². The number of benzene rings is 2. The number of rotatable bonds is 6. The van der Waals surface area contributed by atoms with Crippen molar-refractivity contribution in [1.82, 2.24) is 15.5 Å². The van der Waals surface area contributed by atoms with Gasteiger partial charge in [-0.25, -0.2) is 0 Å². The number of ether oxygens (including phenoxy) is 1. The highest BCUT2D eigenvalue weighted by Crippen LogP contribution is 2.25. The molecular weight excluding hydrogens is 430 g/mol. The molecule has 2 fully saturated rings. The van der Waals surface area contributed by atoms with Gasteiger partial charge in [0.25, 0.3) is 11.8 Å². The molecule has 2 aromatic carbocycles. The molecule has 8 nitrogen and oxygen atoms in total. The molecule has 3 N–H and O–H groups in total. The largest absolute Gasteiger partial charge is 0.378 e. The van der Waals surface area contributed by atoms with Gasteiger partial charge in [0.2, 0.25) is 0 Å². The first-order chi connectivity index (χ1) is 16.7. The Balaban J connectivity index is 1.25. The van der Waals surface area contributed by atoms with Crippen LogP contribution >= 0.6 is 0 Å². The number of anilines is 2. The Morgan fingerprint density at radius 3 is 2.47 bits per heavy atom. The quantitative estimate of drug-likeness (QED) is 0.516. The summed E-state index contributed by atoms with van der Waals surface area (Å²) in [5.74, 6) is 0.651. The Kier molecular flexibility index (Phi) is 6.76. The van der Waals surface area contributed by atoms with Gasteiger partial charge < -0.3 is 20.3 Å². The number of nitrogens with one attached hydrogen (secondary N) is 3. The van der Waals surface area contributed by atoms with Crippen molar-refractivity contribution in [2.45, 2.75) is 32.1 Å². The minimum absolute atomic E-state index is 0.0929. The van der Waals surface area contributed by atoms with Gasteiger partial charge in [-0.2, -0.15) is 5.10 Å². The Morgan fingerprint density at radius 2 is 1.71 bits per heavy atom. The third-order valence-corrected chi connectivity index (χ3v) is 6.84. The molecule has 1 saturated heterocycles. The molecule has 1 aromatic heterocycles. The summed E-state index contributed by atoms with van der Waals surface area (Å²) in [6.45, 7) is 3.85. The number of morpholine rings is 1. The van der Waals surface area contributed by atoms with E-state index in [1.807, 2.05) is 30.3 Å². The van der Waals surface area contributed by atoms with Crippen LogP contribution in [0.3, 0.4) is 0 Å². The van der Waals surface area contributed by atoms with E-state index in [2.05, 4.69) is 25.7 Å². The van der Waals surface area contributed by atoms with Gasteiger partial charge in [0.1, 0.15) is 0 Å². The molecule has 5 rings (SSSR count). The van der Waals surface area contributed by atoms with Crippen molar-refractivity contribution in [2.75, 3.05) is 43.1 Å². The van der Waals surface area contributed by atoms with Crippen molar-refractivity contribution < 1.29 is 14.3 Å². The number of carbonyl (C=O) groups excluding carboxylic acids is 2. The van der Waals surface area contributed by atoms with Crippen molar-refractivity contribution in [1.29, 1.82) is 0 Å². The molecule has 1 aliphatic carbocycles. The molecule has 0 unspecified atom stereocenters. The van der Waals surface area contributed by atoms with Crippen LogP contribution < -0.4 is 15.5 Å². The van der Waals surface area contributed by atoms with E-state index in [1.54, 1.807) is 12.1 Å². The Hall–Kier alpha value is -3.39. The molecule has 0 atom stereocenters. The van der Waals surface area contributed by atoms with Crippen LogP contribution in [0.1, 0.15) is 52.8 Å². The van der Waals surface area contributed by atoms with Crippen LogP contribution in [0.15, 0.2) is 42.5 Å². The minimum Gasteiger partial charge on any atom is -0.378 e. The summed E-state index contributed by atoms with van der Waals surface area (Å²) in [4.78, 5) is 27.8. The number of aromatic amines is 1. The molecule has 1 aliphatic heterocycles. The molecule has 8 heteroatoms. The Bertz CT molecular complexity index is 1140. The third kappa shape index (κ3) is 5.07.